The van der Waals surface area contributed by atoms with Crippen molar-refractivity contribution in [2.75, 3.05) is 20.2 Å². The number of benzene rings is 1. The Morgan fingerprint density at radius 3 is 2.62 bits per heavy atom. The third-order valence-electron chi connectivity index (χ3n) is 3.11. The van der Waals surface area contributed by atoms with Gasteiger partial charge in [0.1, 0.15) is 0 Å². The van der Waals surface area contributed by atoms with Crippen LogP contribution in [0, 0.1) is 6.92 Å². The summed E-state index contributed by atoms with van der Waals surface area (Å²) in [6.45, 7) is 7.42. The van der Waals surface area contributed by atoms with E-state index in [4.69, 9.17) is 4.74 Å². The minimum Gasteiger partial charge on any atom is -0.380 e. The zero-order chi connectivity index (χ0) is 16.0. The molecule has 0 amide bonds. The molecule has 0 heterocycles. The van der Waals surface area contributed by atoms with Crippen LogP contribution in [-0.2, 0) is 21.3 Å². The van der Waals surface area contributed by atoms with E-state index in [1.807, 2.05) is 26.8 Å². The van der Waals surface area contributed by atoms with Crippen LogP contribution in [0.3, 0.4) is 0 Å². The SMILES string of the molecule is CCNCc1cc(C)c(Br)c(S(=O)(=O)NCC(C)OC)c1. The molecule has 0 saturated heterocycles. The minimum atomic E-state index is -3.57. The predicted octanol–water partition coefficient (Wildman–Crippen LogP) is 2.18. The first-order chi connectivity index (χ1) is 9.81. The third-order valence-corrected chi connectivity index (χ3v) is 5.88. The highest BCUT2D eigenvalue weighted by Crippen LogP contribution is 2.27. The first kappa shape index (κ1) is 18.6. The van der Waals surface area contributed by atoms with Gasteiger partial charge in [0.2, 0.25) is 10.0 Å². The number of ether oxygens (including phenoxy) is 1. The van der Waals surface area contributed by atoms with E-state index >= 15 is 0 Å². The highest BCUT2D eigenvalue weighted by molar-refractivity contribution is 9.10. The monoisotopic (exact) mass is 378 g/mol. The molecule has 0 aromatic heterocycles. The van der Waals surface area contributed by atoms with E-state index in [2.05, 4.69) is 26.0 Å². The number of rotatable bonds is 8. The number of hydrogen-bond acceptors (Lipinski definition) is 4. The maximum absolute atomic E-state index is 12.4. The fraction of sp³-hybridized carbons (Fsp3) is 0.571. The van der Waals surface area contributed by atoms with Crippen molar-refractivity contribution >= 4 is 26.0 Å². The van der Waals surface area contributed by atoms with Crippen molar-refractivity contribution in [3.8, 4) is 0 Å². The van der Waals surface area contributed by atoms with Gasteiger partial charge in [-0.25, -0.2) is 13.1 Å². The molecule has 7 heteroatoms. The molecule has 2 N–H and O–H groups in total. The van der Waals surface area contributed by atoms with Crippen molar-refractivity contribution in [3.63, 3.8) is 0 Å². The van der Waals surface area contributed by atoms with E-state index in [1.54, 1.807) is 13.2 Å². The number of methoxy groups -OCH3 is 1. The highest BCUT2D eigenvalue weighted by atomic mass is 79.9. The smallest absolute Gasteiger partial charge is 0.241 e. The summed E-state index contributed by atoms with van der Waals surface area (Å²) in [6, 6.07) is 3.67. The van der Waals surface area contributed by atoms with Gasteiger partial charge in [-0.2, -0.15) is 0 Å². The molecule has 1 unspecified atom stereocenters. The van der Waals surface area contributed by atoms with E-state index in [0.29, 0.717) is 11.0 Å². The average Bonchev–Trinajstić information content (AvgIpc) is 2.45. The maximum Gasteiger partial charge on any atom is 0.241 e. The van der Waals surface area contributed by atoms with Crippen LogP contribution in [-0.4, -0.2) is 34.7 Å². The Kier molecular flexibility index (Phi) is 7.29. The Bertz CT molecular complexity index is 576. The highest BCUT2D eigenvalue weighted by Gasteiger charge is 2.20. The average molecular weight is 379 g/mol. The molecule has 0 aliphatic carbocycles. The topological polar surface area (TPSA) is 67.4 Å². The molecule has 0 radical (unpaired) electrons. The summed E-state index contributed by atoms with van der Waals surface area (Å²) < 4.78 is 33.1. The Balaban J connectivity index is 3.06. The molecule has 0 spiro atoms. The zero-order valence-electron chi connectivity index (χ0n) is 12.9. The molecule has 120 valence electrons. The van der Waals surface area contributed by atoms with Crippen LogP contribution in [0.1, 0.15) is 25.0 Å². The van der Waals surface area contributed by atoms with Crippen LogP contribution in [0.2, 0.25) is 0 Å². The quantitative estimate of drug-likeness (QED) is 0.727. The number of nitrogens with one attached hydrogen (secondary N) is 2. The van der Waals surface area contributed by atoms with E-state index in [9.17, 15) is 8.42 Å². The molecule has 1 aromatic rings. The van der Waals surface area contributed by atoms with Crippen molar-refractivity contribution in [1.29, 1.82) is 0 Å². The normalized spacial score (nSPS) is 13.4. The zero-order valence-corrected chi connectivity index (χ0v) is 15.3. The summed E-state index contributed by atoms with van der Waals surface area (Å²) in [5, 5.41) is 3.20. The molecule has 1 atom stereocenters. The van der Waals surface area contributed by atoms with Crippen molar-refractivity contribution in [1.82, 2.24) is 10.0 Å². The van der Waals surface area contributed by atoms with Gasteiger partial charge in [0, 0.05) is 24.7 Å². The van der Waals surface area contributed by atoms with Gasteiger partial charge in [0.05, 0.1) is 11.0 Å². The lowest BCUT2D eigenvalue weighted by atomic mass is 10.1. The van der Waals surface area contributed by atoms with E-state index in [0.717, 1.165) is 17.7 Å². The summed E-state index contributed by atoms with van der Waals surface area (Å²) in [7, 11) is -2.02. The summed E-state index contributed by atoms with van der Waals surface area (Å²) in [4.78, 5) is 0.263. The second-order valence-electron chi connectivity index (χ2n) is 4.90. The Morgan fingerprint density at radius 1 is 1.38 bits per heavy atom. The van der Waals surface area contributed by atoms with Gasteiger partial charge in [-0.15, -0.1) is 0 Å². The Labute approximate surface area is 135 Å². The number of hydrogen-bond donors (Lipinski definition) is 2. The first-order valence-electron chi connectivity index (χ1n) is 6.84. The fourth-order valence-electron chi connectivity index (χ4n) is 1.76. The largest absolute Gasteiger partial charge is 0.380 e. The van der Waals surface area contributed by atoms with Crippen molar-refractivity contribution in [2.45, 2.75) is 38.3 Å². The van der Waals surface area contributed by atoms with Crippen molar-refractivity contribution < 1.29 is 13.2 Å². The van der Waals surface area contributed by atoms with Crippen LogP contribution in [0.4, 0.5) is 0 Å². The summed E-state index contributed by atoms with van der Waals surface area (Å²) in [5.41, 5.74) is 1.84. The molecule has 0 bridgehead atoms. The Hall–Kier alpha value is -0.470. The van der Waals surface area contributed by atoms with Crippen molar-refractivity contribution in [3.05, 3.63) is 27.7 Å². The van der Waals surface area contributed by atoms with E-state index < -0.39 is 10.0 Å². The van der Waals surface area contributed by atoms with Gasteiger partial charge in [-0.1, -0.05) is 13.0 Å². The van der Waals surface area contributed by atoms with Crippen LogP contribution >= 0.6 is 15.9 Å². The standard InChI is InChI=1S/C14H23BrN2O3S/c1-5-16-9-12-6-10(2)14(15)13(7-12)21(18,19)17-8-11(3)20-4/h6-7,11,16-17H,5,8-9H2,1-4H3. The lowest BCUT2D eigenvalue weighted by molar-refractivity contribution is 0.122. The molecule has 0 aliphatic rings. The van der Waals surface area contributed by atoms with Gasteiger partial charge < -0.3 is 10.1 Å². The summed E-state index contributed by atoms with van der Waals surface area (Å²) in [6.07, 6.45) is -0.176. The minimum absolute atomic E-state index is 0.176. The van der Waals surface area contributed by atoms with Crippen LogP contribution in [0.15, 0.2) is 21.5 Å². The van der Waals surface area contributed by atoms with E-state index in [1.165, 1.54) is 0 Å². The van der Waals surface area contributed by atoms with Gasteiger partial charge in [0.25, 0.3) is 0 Å². The van der Waals surface area contributed by atoms with Gasteiger partial charge in [-0.3, -0.25) is 0 Å². The summed E-state index contributed by atoms with van der Waals surface area (Å²) >= 11 is 3.37. The molecule has 1 rings (SSSR count). The van der Waals surface area contributed by atoms with E-state index in [-0.39, 0.29) is 17.5 Å². The van der Waals surface area contributed by atoms with Crippen LogP contribution in [0.25, 0.3) is 0 Å². The van der Waals surface area contributed by atoms with Crippen LogP contribution in [0.5, 0.6) is 0 Å². The molecule has 0 saturated carbocycles. The third kappa shape index (κ3) is 5.34. The molecule has 1 aromatic carbocycles. The van der Waals surface area contributed by atoms with Gasteiger partial charge in [-0.05, 0) is 53.5 Å². The maximum atomic E-state index is 12.4. The molecule has 0 aliphatic heterocycles. The number of aryl methyl sites for hydroxylation is 1. The van der Waals surface area contributed by atoms with Gasteiger partial charge in [0.15, 0.2) is 0 Å². The lowest BCUT2D eigenvalue weighted by Crippen LogP contribution is -2.32. The fourth-order valence-corrected chi connectivity index (χ4v) is 3.95. The molecule has 0 fully saturated rings. The number of halogens is 1. The van der Waals surface area contributed by atoms with Crippen LogP contribution < -0.4 is 10.0 Å². The second kappa shape index (κ2) is 8.24. The molecular formula is C14H23BrN2O3S. The second-order valence-corrected chi connectivity index (χ2v) is 7.43. The molecule has 5 nitrogen and oxygen atoms in total. The van der Waals surface area contributed by atoms with Gasteiger partial charge >= 0.3 is 0 Å². The first-order valence-corrected chi connectivity index (χ1v) is 9.11. The molecular weight excluding hydrogens is 356 g/mol. The lowest BCUT2D eigenvalue weighted by Gasteiger charge is -2.15. The van der Waals surface area contributed by atoms with Crippen molar-refractivity contribution in [2.24, 2.45) is 0 Å². The molecule has 21 heavy (non-hydrogen) atoms. The predicted molar refractivity (Wildman–Crippen MR) is 87.9 cm³/mol. The Morgan fingerprint density at radius 2 is 2.05 bits per heavy atom. The number of sulfonamides is 1. The summed E-state index contributed by atoms with van der Waals surface area (Å²) in [5.74, 6) is 0.